The van der Waals surface area contributed by atoms with E-state index in [9.17, 15) is 10.0 Å². The van der Waals surface area contributed by atoms with E-state index in [1.165, 1.54) is 0 Å². The summed E-state index contributed by atoms with van der Waals surface area (Å²) in [6.07, 6.45) is 0.138. The molecule has 2 aromatic rings. The van der Waals surface area contributed by atoms with Gasteiger partial charge in [-0.1, -0.05) is 4.86 Å². The van der Waals surface area contributed by atoms with Crippen molar-refractivity contribution >= 4 is 28.9 Å². The Morgan fingerprint density at radius 1 is 1.13 bits per heavy atom. The lowest BCUT2D eigenvalue weighted by atomic mass is 10.3. The lowest BCUT2D eigenvalue weighted by Gasteiger charge is -2.03. The molecule has 2 aromatic carbocycles. The number of nitrogens with zero attached hydrogens (tertiary/aromatic N) is 2. The molecule has 0 saturated heterocycles. The van der Waals surface area contributed by atoms with Crippen LogP contribution in [0, 0.1) is 5.21 Å². The molecule has 0 heterocycles. The number of benzene rings is 2. The zero-order valence-corrected chi connectivity index (χ0v) is 13.2. The van der Waals surface area contributed by atoms with Crippen molar-refractivity contribution in [3.63, 3.8) is 0 Å². The zero-order valence-electron chi connectivity index (χ0n) is 12.4. The molecular weight excluding hydrogens is 320 g/mol. The number of halogens is 1. The van der Waals surface area contributed by atoms with Gasteiger partial charge in [0.15, 0.2) is 0 Å². The molecule has 0 saturated carbocycles. The number of esters is 1. The van der Waals surface area contributed by atoms with E-state index in [1.807, 2.05) is 0 Å². The van der Waals surface area contributed by atoms with Gasteiger partial charge in [0.25, 0.3) is 0 Å². The lowest BCUT2D eigenvalue weighted by molar-refractivity contribution is -0.435. The highest BCUT2D eigenvalue weighted by Crippen LogP contribution is 2.22. The predicted octanol–water partition coefficient (Wildman–Crippen LogP) is 4.16. The third-order valence-electron chi connectivity index (χ3n) is 2.87. The van der Waals surface area contributed by atoms with E-state index in [1.54, 1.807) is 55.6 Å². The maximum Gasteiger partial charge on any atom is 0.312 e. The molecule has 0 aromatic heterocycles. The molecule has 0 spiro atoms. The first-order valence-corrected chi connectivity index (χ1v) is 7.35. The molecule has 6 nitrogen and oxygen atoms in total. The molecule has 0 unspecified atom stereocenters. The van der Waals surface area contributed by atoms with Crippen LogP contribution in [0.4, 0.5) is 11.4 Å². The van der Waals surface area contributed by atoms with Gasteiger partial charge in [-0.2, -0.15) is 0 Å². The average molecular weight is 335 g/mol. The van der Waals surface area contributed by atoms with E-state index in [0.717, 1.165) is 0 Å². The Bertz CT molecular complexity index is 684. The summed E-state index contributed by atoms with van der Waals surface area (Å²) in [6.45, 7) is 0. The van der Waals surface area contributed by atoms with Crippen molar-refractivity contribution in [2.75, 3.05) is 13.0 Å². The second kappa shape index (κ2) is 8.14. The normalized spacial score (nSPS) is 11.1. The standard InChI is InChI=1S/C16H15ClN2O4/c1-22-14-8-4-13(5-9-14)19(21)18-12-2-6-15(7-3-12)23-16(20)10-11-17/h2-9H,10-11H2,1H3. The number of carbonyl (C=O) groups excluding carboxylic acids is 1. The van der Waals surface area contributed by atoms with Crippen LogP contribution in [0.1, 0.15) is 6.42 Å². The lowest BCUT2D eigenvalue weighted by Crippen LogP contribution is -2.07. The van der Waals surface area contributed by atoms with Crippen molar-refractivity contribution in [2.45, 2.75) is 6.42 Å². The molecule has 0 radical (unpaired) electrons. The molecule has 0 amide bonds. The minimum Gasteiger partial charge on any atom is -0.594 e. The van der Waals surface area contributed by atoms with Crippen LogP contribution in [-0.4, -0.2) is 23.8 Å². The first-order chi connectivity index (χ1) is 11.1. The van der Waals surface area contributed by atoms with Crippen LogP contribution in [-0.2, 0) is 4.79 Å². The number of alkyl halides is 1. The first-order valence-electron chi connectivity index (χ1n) is 6.82. The van der Waals surface area contributed by atoms with Gasteiger partial charge in [0, 0.05) is 23.1 Å². The van der Waals surface area contributed by atoms with Crippen molar-refractivity contribution in [1.82, 2.24) is 0 Å². The number of hydrogen-bond donors (Lipinski definition) is 0. The Morgan fingerprint density at radius 3 is 2.30 bits per heavy atom. The van der Waals surface area contributed by atoms with E-state index in [-0.39, 0.29) is 12.3 Å². The van der Waals surface area contributed by atoms with Crippen molar-refractivity contribution in [3.8, 4) is 11.5 Å². The third-order valence-corrected chi connectivity index (χ3v) is 3.06. The van der Waals surface area contributed by atoms with Gasteiger partial charge in [-0.25, -0.2) is 0 Å². The highest BCUT2D eigenvalue weighted by Gasteiger charge is 2.06. The minimum atomic E-state index is -0.409. The van der Waals surface area contributed by atoms with E-state index in [2.05, 4.69) is 5.11 Å². The summed E-state index contributed by atoms with van der Waals surface area (Å²) in [5.41, 5.74) is 0.816. The average Bonchev–Trinajstić information content (AvgIpc) is 2.57. The number of rotatable bonds is 6. The molecule has 120 valence electrons. The van der Waals surface area contributed by atoms with Gasteiger partial charge in [0.1, 0.15) is 17.2 Å². The fraction of sp³-hybridized carbons (Fsp3) is 0.188. The fourth-order valence-corrected chi connectivity index (χ4v) is 1.87. The maximum atomic E-state index is 12.0. The van der Waals surface area contributed by atoms with Gasteiger partial charge >= 0.3 is 5.97 Å². The first kappa shape index (κ1) is 16.8. The zero-order chi connectivity index (χ0) is 16.7. The molecule has 0 aliphatic carbocycles. The second-order valence-corrected chi connectivity index (χ2v) is 4.86. The van der Waals surface area contributed by atoms with Gasteiger partial charge in [-0.3, -0.25) is 4.79 Å². The SMILES string of the molecule is COc1ccc([N+]([O-])=Nc2ccc(OC(=O)CCCl)cc2)cc1. The molecule has 23 heavy (non-hydrogen) atoms. The summed E-state index contributed by atoms with van der Waals surface area (Å²) >= 11 is 5.46. The maximum absolute atomic E-state index is 12.0. The third kappa shape index (κ3) is 4.96. The van der Waals surface area contributed by atoms with Crippen LogP contribution in [0.5, 0.6) is 11.5 Å². The quantitative estimate of drug-likeness (QED) is 0.198. The second-order valence-electron chi connectivity index (χ2n) is 4.48. The van der Waals surface area contributed by atoms with Crippen molar-refractivity contribution in [2.24, 2.45) is 5.11 Å². The number of methoxy groups -OCH3 is 1. The molecule has 0 N–H and O–H groups in total. The summed E-state index contributed by atoms with van der Waals surface area (Å²) in [4.78, 5) is 11.8. The van der Waals surface area contributed by atoms with E-state index in [0.29, 0.717) is 27.7 Å². The molecule has 2 rings (SSSR count). The molecule has 0 aliphatic heterocycles. The fourth-order valence-electron chi connectivity index (χ4n) is 1.71. The highest BCUT2D eigenvalue weighted by atomic mass is 35.5. The Morgan fingerprint density at radius 2 is 1.74 bits per heavy atom. The number of ether oxygens (including phenoxy) is 2. The van der Waals surface area contributed by atoms with Crippen LogP contribution in [0.3, 0.4) is 0 Å². The Labute approximate surface area is 138 Å². The Hall–Kier alpha value is -2.60. The van der Waals surface area contributed by atoms with Crippen molar-refractivity contribution < 1.29 is 19.1 Å². The molecule has 0 bridgehead atoms. The number of azo groups is 1. The summed E-state index contributed by atoms with van der Waals surface area (Å²) in [5.74, 6) is 0.832. The molecule has 7 heteroatoms. The highest BCUT2D eigenvalue weighted by molar-refractivity contribution is 6.18. The molecule has 0 fully saturated rings. The van der Waals surface area contributed by atoms with Crippen LogP contribution in [0.15, 0.2) is 53.6 Å². The summed E-state index contributed by atoms with van der Waals surface area (Å²) in [6, 6.07) is 12.9. The van der Waals surface area contributed by atoms with Gasteiger partial charge in [0.05, 0.1) is 13.5 Å². The van der Waals surface area contributed by atoms with Gasteiger partial charge < -0.3 is 14.7 Å². The van der Waals surface area contributed by atoms with E-state index < -0.39 is 5.97 Å². The Kier molecular flexibility index (Phi) is 5.94. The molecule has 0 atom stereocenters. The van der Waals surface area contributed by atoms with Crippen LogP contribution < -0.4 is 9.47 Å². The van der Waals surface area contributed by atoms with Crippen LogP contribution in [0.25, 0.3) is 0 Å². The van der Waals surface area contributed by atoms with Crippen LogP contribution >= 0.6 is 11.6 Å². The van der Waals surface area contributed by atoms with E-state index in [4.69, 9.17) is 21.1 Å². The van der Waals surface area contributed by atoms with Gasteiger partial charge in [-0.05, 0) is 36.4 Å². The van der Waals surface area contributed by atoms with Crippen molar-refractivity contribution in [3.05, 3.63) is 53.7 Å². The summed E-state index contributed by atoms with van der Waals surface area (Å²) in [5, 5.41) is 15.9. The van der Waals surface area contributed by atoms with E-state index >= 15 is 0 Å². The predicted molar refractivity (Wildman–Crippen MR) is 85.8 cm³/mol. The Balaban J connectivity index is 2.07. The topological polar surface area (TPSA) is 74.0 Å². The molecule has 0 aliphatic rings. The van der Waals surface area contributed by atoms with Crippen molar-refractivity contribution in [1.29, 1.82) is 0 Å². The number of carbonyl (C=O) groups is 1. The number of hydrogen-bond acceptors (Lipinski definition) is 5. The molecular formula is C16H15ClN2O4. The van der Waals surface area contributed by atoms with Gasteiger partial charge in [-0.15, -0.1) is 11.6 Å². The summed E-state index contributed by atoms with van der Waals surface area (Å²) < 4.78 is 10.1. The summed E-state index contributed by atoms with van der Waals surface area (Å²) in [7, 11) is 1.55. The van der Waals surface area contributed by atoms with Gasteiger partial charge in [0.2, 0.25) is 5.69 Å². The largest absolute Gasteiger partial charge is 0.594 e. The van der Waals surface area contributed by atoms with Crippen LogP contribution in [0.2, 0.25) is 0 Å². The smallest absolute Gasteiger partial charge is 0.312 e. The minimum absolute atomic E-state index is 0.138. The monoisotopic (exact) mass is 334 g/mol.